The van der Waals surface area contributed by atoms with Crippen molar-refractivity contribution in [2.24, 2.45) is 5.41 Å². The minimum absolute atomic E-state index is 0.208. The molecule has 2 aliphatic rings. The first kappa shape index (κ1) is 5.59. The number of halogens is 2. The fourth-order valence-corrected chi connectivity index (χ4v) is 1.53. The second kappa shape index (κ2) is 1.45. The molecule has 0 aromatic heterocycles. The summed E-state index contributed by atoms with van der Waals surface area (Å²) < 4.78 is 24.5. The molecule has 1 aliphatic heterocycles. The molecule has 1 saturated carbocycles. The summed E-state index contributed by atoms with van der Waals surface area (Å²) in [5.74, 6) is 0. The molecule has 1 nitrogen and oxygen atoms in total. The maximum Gasteiger partial charge on any atom is 0.246 e. The molecule has 0 unspecified atom stereocenters. The molecule has 0 N–H and O–H groups in total. The highest BCUT2D eigenvalue weighted by atomic mass is 19.2. The first-order chi connectivity index (χ1) is 4.25. The number of hydrogen-bond acceptors (Lipinski definition) is 1. The SMILES string of the molecule is F[C]1N(F)CC12CCC2. The molecule has 2 fully saturated rings. The van der Waals surface area contributed by atoms with Gasteiger partial charge in [0.05, 0.1) is 0 Å². The minimum atomic E-state index is -0.534. The van der Waals surface area contributed by atoms with Gasteiger partial charge >= 0.3 is 0 Å². The van der Waals surface area contributed by atoms with Crippen LogP contribution in [0.3, 0.4) is 0 Å². The van der Waals surface area contributed by atoms with Crippen LogP contribution < -0.4 is 0 Å². The second-order valence-corrected chi connectivity index (χ2v) is 2.94. The molecule has 0 aromatic rings. The van der Waals surface area contributed by atoms with E-state index in [9.17, 15) is 8.87 Å². The van der Waals surface area contributed by atoms with Crippen molar-refractivity contribution in [3.8, 4) is 0 Å². The Morgan fingerprint density at radius 2 is 2.11 bits per heavy atom. The normalized spacial score (nSPS) is 34.0. The van der Waals surface area contributed by atoms with Gasteiger partial charge in [0.15, 0.2) is 0 Å². The molecule has 1 radical (unpaired) electrons. The van der Waals surface area contributed by atoms with Crippen LogP contribution in [0.2, 0.25) is 0 Å². The van der Waals surface area contributed by atoms with Crippen LogP contribution in [0.4, 0.5) is 8.87 Å². The van der Waals surface area contributed by atoms with E-state index in [0.29, 0.717) is 6.54 Å². The maximum absolute atomic E-state index is 12.5. The van der Waals surface area contributed by atoms with E-state index in [1.165, 1.54) is 0 Å². The van der Waals surface area contributed by atoms with Gasteiger partial charge in [-0.1, -0.05) is 6.42 Å². The molecule has 1 aliphatic carbocycles. The smallest absolute Gasteiger partial charge is 0.218 e. The van der Waals surface area contributed by atoms with E-state index >= 15 is 0 Å². The van der Waals surface area contributed by atoms with Crippen LogP contribution in [0.5, 0.6) is 0 Å². The summed E-state index contributed by atoms with van der Waals surface area (Å²) in [6, 6.07) is 0. The van der Waals surface area contributed by atoms with Gasteiger partial charge in [-0.25, -0.2) is 4.39 Å². The number of nitrogens with zero attached hydrogens (tertiary/aromatic N) is 1. The molecule has 1 saturated heterocycles. The summed E-state index contributed by atoms with van der Waals surface area (Å²) in [4.78, 5) is 0. The molecule has 3 heteroatoms. The highest BCUT2D eigenvalue weighted by molar-refractivity contribution is 5.11. The van der Waals surface area contributed by atoms with Crippen molar-refractivity contribution in [1.29, 1.82) is 0 Å². The van der Waals surface area contributed by atoms with Gasteiger partial charge in [0.25, 0.3) is 0 Å². The zero-order valence-corrected chi connectivity index (χ0v) is 5.03. The summed E-state index contributed by atoms with van der Waals surface area (Å²) in [5.41, 5.74) is -0.325. The first-order valence-corrected chi connectivity index (χ1v) is 3.21. The van der Waals surface area contributed by atoms with E-state index < -0.39 is 6.30 Å². The molecule has 0 bridgehead atoms. The Balaban J connectivity index is 2.02. The summed E-state index contributed by atoms with van der Waals surface area (Å²) in [5, 5.41) is 0.208. The summed E-state index contributed by atoms with van der Waals surface area (Å²) in [6.07, 6.45) is 2.22. The van der Waals surface area contributed by atoms with Crippen LogP contribution in [0.25, 0.3) is 0 Å². The summed E-state index contributed by atoms with van der Waals surface area (Å²) >= 11 is 0. The molecule has 1 spiro atoms. The van der Waals surface area contributed by atoms with Crippen molar-refractivity contribution in [2.45, 2.75) is 19.3 Å². The average Bonchev–Trinajstić information content (AvgIpc) is 1.77. The fourth-order valence-electron chi connectivity index (χ4n) is 1.53. The standard InChI is InChI=1S/C6H8F2N/c7-5-6(2-1-3-6)4-9(5)8/h1-4H2. The minimum Gasteiger partial charge on any atom is -0.218 e. The van der Waals surface area contributed by atoms with Crippen LogP contribution in [0.15, 0.2) is 0 Å². The molecule has 1 heterocycles. The van der Waals surface area contributed by atoms with Crippen molar-refractivity contribution < 1.29 is 8.87 Å². The Bertz CT molecular complexity index is 133. The van der Waals surface area contributed by atoms with Gasteiger partial charge in [0.2, 0.25) is 6.30 Å². The Morgan fingerprint density at radius 1 is 1.44 bits per heavy atom. The fraction of sp³-hybridized carbons (Fsp3) is 0.833. The Morgan fingerprint density at radius 3 is 2.22 bits per heavy atom. The molecule has 0 aromatic carbocycles. The summed E-state index contributed by atoms with van der Waals surface area (Å²) in [6.45, 7) is 0.291. The van der Waals surface area contributed by atoms with Crippen LogP contribution in [0.1, 0.15) is 19.3 Å². The van der Waals surface area contributed by atoms with Gasteiger partial charge in [-0.3, -0.25) is 0 Å². The molecule has 0 amide bonds. The van der Waals surface area contributed by atoms with Crippen LogP contribution >= 0.6 is 0 Å². The molecular weight excluding hydrogens is 124 g/mol. The third-order valence-electron chi connectivity index (χ3n) is 2.40. The largest absolute Gasteiger partial charge is 0.246 e. The predicted molar refractivity (Wildman–Crippen MR) is 28.4 cm³/mol. The second-order valence-electron chi connectivity index (χ2n) is 2.94. The number of rotatable bonds is 0. The predicted octanol–water partition coefficient (Wildman–Crippen LogP) is 1.82. The molecular formula is C6H8F2N. The quantitative estimate of drug-likeness (QED) is 0.359. The topological polar surface area (TPSA) is 3.24 Å². The van der Waals surface area contributed by atoms with Crippen molar-refractivity contribution in [3.63, 3.8) is 0 Å². The van der Waals surface area contributed by atoms with Crippen LogP contribution in [-0.4, -0.2) is 11.7 Å². The zero-order chi connectivity index (χ0) is 6.48. The van der Waals surface area contributed by atoms with E-state index in [-0.39, 0.29) is 10.5 Å². The lowest BCUT2D eigenvalue weighted by molar-refractivity contribution is -0.199. The Hall–Kier alpha value is -0.180. The third kappa shape index (κ3) is 0.509. The van der Waals surface area contributed by atoms with Crippen molar-refractivity contribution in [2.75, 3.05) is 6.54 Å². The van der Waals surface area contributed by atoms with Crippen molar-refractivity contribution in [1.82, 2.24) is 5.12 Å². The van der Waals surface area contributed by atoms with Gasteiger partial charge in [0, 0.05) is 12.0 Å². The molecule has 0 atom stereocenters. The molecule has 51 valence electrons. The van der Waals surface area contributed by atoms with E-state index in [1.807, 2.05) is 0 Å². The van der Waals surface area contributed by atoms with Gasteiger partial charge in [-0.05, 0) is 12.8 Å². The van der Waals surface area contributed by atoms with E-state index in [4.69, 9.17) is 0 Å². The lowest BCUT2D eigenvalue weighted by Gasteiger charge is -2.53. The van der Waals surface area contributed by atoms with Crippen LogP contribution in [-0.2, 0) is 0 Å². The lowest BCUT2D eigenvalue weighted by Crippen LogP contribution is -2.56. The third-order valence-corrected chi connectivity index (χ3v) is 2.40. The average molecular weight is 132 g/mol. The highest BCUT2D eigenvalue weighted by Gasteiger charge is 2.59. The van der Waals surface area contributed by atoms with Crippen molar-refractivity contribution >= 4 is 0 Å². The van der Waals surface area contributed by atoms with E-state index in [2.05, 4.69) is 0 Å². The number of hydrogen-bond donors (Lipinski definition) is 0. The Kier molecular flexibility index (Phi) is 0.903. The Labute approximate surface area is 52.6 Å². The zero-order valence-electron chi connectivity index (χ0n) is 5.03. The molecule has 2 rings (SSSR count). The van der Waals surface area contributed by atoms with E-state index in [1.54, 1.807) is 0 Å². The highest BCUT2D eigenvalue weighted by Crippen LogP contribution is 2.57. The lowest BCUT2D eigenvalue weighted by atomic mass is 9.63. The first-order valence-electron chi connectivity index (χ1n) is 3.21. The molecule has 9 heavy (non-hydrogen) atoms. The van der Waals surface area contributed by atoms with Gasteiger partial charge in [0.1, 0.15) is 0 Å². The summed E-state index contributed by atoms with van der Waals surface area (Å²) in [7, 11) is 0. The van der Waals surface area contributed by atoms with Crippen LogP contribution in [0, 0.1) is 11.7 Å². The van der Waals surface area contributed by atoms with E-state index in [0.717, 1.165) is 19.3 Å². The van der Waals surface area contributed by atoms with Gasteiger partial charge in [-0.15, -0.1) is 9.60 Å². The van der Waals surface area contributed by atoms with Gasteiger partial charge in [-0.2, -0.15) is 0 Å². The maximum atomic E-state index is 12.5. The van der Waals surface area contributed by atoms with Crippen molar-refractivity contribution in [3.05, 3.63) is 6.30 Å². The monoisotopic (exact) mass is 132 g/mol. The van der Waals surface area contributed by atoms with Gasteiger partial charge < -0.3 is 0 Å².